The Kier molecular flexibility index (Phi) is 6.32. The molecule has 122 valence electrons. The van der Waals surface area contributed by atoms with Crippen LogP contribution in [0.25, 0.3) is 0 Å². The standard InChI is InChI=1S/C14H23N5O3/c1-2-22-14-12(19(20)21)13(16-11-17-14)15-7-3-4-8-18-9-5-6-10-18/h11H,2-10H2,1H3,(H,15,16,17). The van der Waals surface area contributed by atoms with E-state index in [-0.39, 0.29) is 17.4 Å². The van der Waals surface area contributed by atoms with Crippen LogP contribution in [0.15, 0.2) is 6.33 Å². The van der Waals surface area contributed by atoms with Crippen molar-refractivity contribution in [3.8, 4) is 5.88 Å². The minimum Gasteiger partial charge on any atom is -0.473 e. The van der Waals surface area contributed by atoms with Gasteiger partial charge in [0.15, 0.2) is 0 Å². The molecule has 8 heteroatoms. The van der Waals surface area contributed by atoms with Crippen LogP contribution in [-0.4, -0.2) is 52.6 Å². The molecule has 1 aromatic heterocycles. The van der Waals surface area contributed by atoms with Crippen molar-refractivity contribution in [3.05, 3.63) is 16.4 Å². The van der Waals surface area contributed by atoms with E-state index in [2.05, 4.69) is 20.2 Å². The summed E-state index contributed by atoms with van der Waals surface area (Å²) < 4.78 is 5.19. The maximum Gasteiger partial charge on any atom is 0.372 e. The van der Waals surface area contributed by atoms with Crippen LogP contribution in [0.3, 0.4) is 0 Å². The molecule has 0 aliphatic carbocycles. The highest BCUT2D eigenvalue weighted by Gasteiger charge is 2.23. The van der Waals surface area contributed by atoms with E-state index in [1.807, 2.05) is 0 Å². The summed E-state index contributed by atoms with van der Waals surface area (Å²) in [7, 11) is 0. The van der Waals surface area contributed by atoms with Gasteiger partial charge in [0, 0.05) is 6.54 Å². The molecule has 0 atom stereocenters. The largest absolute Gasteiger partial charge is 0.473 e. The topological polar surface area (TPSA) is 93.4 Å². The van der Waals surface area contributed by atoms with Gasteiger partial charge in [-0.2, -0.15) is 4.98 Å². The van der Waals surface area contributed by atoms with Gasteiger partial charge in [-0.05, 0) is 52.2 Å². The van der Waals surface area contributed by atoms with E-state index < -0.39 is 4.92 Å². The molecule has 22 heavy (non-hydrogen) atoms. The first-order valence-corrected chi connectivity index (χ1v) is 7.80. The lowest BCUT2D eigenvalue weighted by Gasteiger charge is -2.14. The van der Waals surface area contributed by atoms with Crippen LogP contribution < -0.4 is 10.1 Å². The summed E-state index contributed by atoms with van der Waals surface area (Å²) in [6.07, 6.45) is 5.90. The molecule has 8 nitrogen and oxygen atoms in total. The van der Waals surface area contributed by atoms with E-state index in [1.54, 1.807) is 6.92 Å². The number of hydrogen-bond donors (Lipinski definition) is 1. The summed E-state index contributed by atoms with van der Waals surface area (Å²) in [5, 5.41) is 14.2. The lowest BCUT2D eigenvalue weighted by atomic mass is 10.3. The monoisotopic (exact) mass is 309 g/mol. The molecule has 1 N–H and O–H groups in total. The van der Waals surface area contributed by atoms with E-state index in [0.29, 0.717) is 13.2 Å². The Morgan fingerprint density at radius 3 is 2.82 bits per heavy atom. The Bertz CT molecular complexity index is 491. The van der Waals surface area contributed by atoms with E-state index in [0.717, 1.165) is 19.4 Å². The number of hydrogen-bond acceptors (Lipinski definition) is 7. The zero-order valence-electron chi connectivity index (χ0n) is 13.0. The van der Waals surface area contributed by atoms with Gasteiger partial charge in [-0.3, -0.25) is 10.1 Å². The fourth-order valence-electron chi connectivity index (χ4n) is 2.57. The molecule has 1 aliphatic rings. The number of likely N-dealkylation sites (tertiary alicyclic amines) is 1. The van der Waals surface area contributed by atoms with Gasteiger partial charge in [0.25, 0.3) is 5.88 Å². The first-order chi connectivity index (χ1) is 10.7. The van der Waals surface area contributed by atoms with Crippen LogP contribution >= 0.6 is 0 Å². The fraction of sp³-hybridized carbons (Fsp3) is 0.714. The Balaban J connectivity index is 1.83. The lowest BCUT2D eigenvalue weighted by Crippen LogP contribution is -2.21. The predicted molar refractivity (Wildman–Crippen MR) is 83.3 cm³/mol. The van der Waals surface area contributed by atoms with E-state index >= 15 is 0 Å². The second-order valence-electron chi connectivity index (χ2n) is 5.25. The minimum atomic E-state index is -0.502. The highest BCUT2D eigenvalue weighted by atomic mass is 16.6. The Morgan fingerprint density at radius 1 is 1.36 bits per heavy atom. The van der Waals surface area contributed by atoms with Crippen LogP contribution in [-0.2, 0) is 0 Å². The maximum atomic E-state index is 11.2. The molecule has 0 aromatic carbocycles. The third kappa shape index (κ3) is 4.52. The maximum absolute atomic E-state index is 11.2. The minimum absolute atomic E-state index is 0.0158. The van der Waals surface area contributed by atoms with Gasteiger partial charge in [-0.1, -0.05) is 0 Å². The summed E-state index contributed by atoms with van der Waals surface area (Å²) in [6.45, 7) is 6.23. The van der Waals surface area contributed by atoms with Crippen LogP contribution in [0.1, 0.15) is 32.6 Å². The van der Waals surface area contributed by atoms with Gasteiger partial charge in [0.05, 0.1) is 11.5 Å². The van der Waals surface area contributed by atoms with Gasteiger partial charge in [0.2, 0.25) is 5.82 Å². The van der Waals surface area contributed by atoms with Gasteiger partial charge in [0.1, 0.15) is 6.33 Å². The van der Waals surface area contributed by atoms with Crippen molar-refractivity contribution in [2.24, 2.45) is 0 Å². The Labute approximate surface area is 130 Å². The number of anilines is 1. The number of aromatic nitrogens is 2. The summed E-state index contributed by atoms with van der Waals surface area (Å²) in [6, 6.07) is 0. The molecule has 0 amide bonds. The molecule has 0 saturated carbocycles. The number of rotatable bonds is 9. The van der Waals surface area contributed by atoms with Crippen molar-refractivity contribution >= 4 is 11.5 Å². The van der Waals surface area contributed by atoms with Crippen LogP contribution in [0.4, 0.5) is 11.5 Å². The summed E-state index contributed by atoms with van der Waals surface area (Å²) >= 11 is 0. The number of nitro groups is 1. The summed E-state index contributed by atoms with van der Waals surface area (Å²) in [5.74, 6) is 0.242. The molecule has 2 rings (SSSR count). The molecule has 0 radical (unpaired) electrons. The van der Waals surface area contributed by atoms with Crippen molar-refractivity contribution in [2.75, 3.05) is 38.1 Å². The smallest absolute Gasteiger partial charge is 0.372 e. The zero-order chi connectivity index (χ0) is 15.8. The second-order valence-corrected chi connectivity index (χ2v) is 5.25. The number of ether oxygens (including phenoxy) is 1. The average molecular weight is 309 g/mol. The third-order valence-corrected chi connectivity index (χ3v) is 3.64. The molecule has 0 unspecified atom stereocenters. The number of unbranched alkanes of at least 4 members (excludes halogenated alkanes) is 1. The van der Waals surface area contributed by atoms with Gasteiger partial charge < -0.3 is 15.0 Å². The zero-order valence-corrected chi connectivity index (χ0v) is 13.0. The van der Waals surface area contributed by atoms with Crippen molar-refractivity contribution < 1.29 is 9.66 Å². The quantitative estimate of drug-likeness (QED) is 0.424. The number of nitrogens with one attached hydrogen (secondary N) is 1. The summed E-state index contributed by atoms with van der Waals surface area (Å²) in [5.41, 5.74) is -0.191. The van der Waals surface area contributed by atoms with Crippen molar-refractivity contribution in [1.29, 1.82) is 0 Å². The molecular formula is C14H23N5O3. The van der Waals surface area contributed by atoms with Crippen molar-refractivity contribution in [3.63, 3.8) is 0 Å². The molecule has 1 fully saturated rings. The van der Waals surface area contributed by atoms with Crippen molar-refractivity contribution in [2.45, 2.75) is 32.6 Å². The van der Waals surface area contributed by atoms with Crippen molar-refractivity contribution in [1.82, 2.24) is 14.9 Å². The predicted octanol–water partition coefficient (Wildman–Crippen LogP) is 2.07. The molecule has 0 spiro atoms. The average Bonchev–Trinajstić information content (AvgIpc) is 3.00. The highest BCUT2D eigenvalue weighted by molar-refractivity contribution is 5.61. The first-order valence-electron chi connectivity index (χ1n) is 7.80. The highest BCUT2D eigenvalue weighted by Crippen LogP contribution is 2.30. The van der Waals surface area contributed by atoms with Crippen LogP contribution in [0, 0.1) is 10.1 Å². The molecule has 1 aliphatic heterocycles. The molecule has 1 saturated heterocycles. The van der Waals surface area contributed by atoms with Gasteiger partial charge >= 0.3 is 5.69 Å². The number of nitrogens with zero attached hydrogens (tertiary/aromatic N) is 4. The lowest BCUT2D eigenvalue weighted by molar-refractivity contribution is -0.385. The molecule has 0 bridgehead atoms. The molecular weight excluding hydrogens is 286 g/mol. The second kappa shape index (κ2) is 8.47. The summed E-state index contributed by atoms with van der Waals surface area (Å²) in [4.78, 5) is 20.9. The Hall–Kier alpha value is -1.96. The molecule has 2 heterocycles. The third-order valence-electron chi connectivity index (χ3n) is 3.64. The van der Waals surface area contributed by atoms with Crippen LogP contribution in [0.5, 0.6) is 5.88 Å². The van der Waals surface area contributed by atoms with E-state index in [1.165, 1.54) is 32.3 Å². The molecule has 1 aromatic rings. The van der Waals surface area contributed by atoms with E-state index in [9.17, 15) is 10.1 Å². The first kappa shape index (κ1) is 16.4. The normalized spacial score (nSPS) is 15.0. The van der Waals surface area contributed by atoms with Gasteiger partial charge in [-0.15, -0.1) is 0 Å². The van der Waals surface area contributed by atoms with Crippen LogP contribution in [0.2, 0.25) is 0 Å². The van der Waals surface area contributed by atoms with Gasteiger partial charge in [-0.25, -0.2) is 4.98 Å². The SMILES string of the molecule is CCOc1ncnc(NCCCCN2CCCC2)c1[N+](=O)[O-]. The fourth-order valence-corrected chi connectivity index (χ4v) is 2.57. The Morgan fingerprint density at radius 2 is 2.14 bits per heavy atom. The van der Waals surface area contributed by atoms with E-state index in [4.69, 9.17) is 4.74 Å².